The van der Waals surface area contributed by atoms with E-state index in [-0.39, 0.29) is 24.8 Å². The third-order valence-electron chi connectivity index (χ3n) is 1.43. The first kappa shape index (κ1) is 13.4. The van der Waals surface area contributed by atoms with Gasteiger partial charge in [0.1, 0.15) is 0 Å². The number of hydrogen-bond donors (Lipinski definition) is 2. The molecule has 0 saturated carbocycles. The van der Waals surface area contributed by atoms with E-state index < -0.39 is 0 Å². The van der Waals surface area contributed by atoms with E-state index in [9.17, 15) is 0 Å². The molecule has 0 bridgehead atoms. The van der Waals surface area contributed by atoms with Gasteiger partial charge in [0.2, 0.25) is 0 Å². The van der Waals surface area contributed by atoms with Crippen LogP contribution in [0.1, 0.15) is 6.42 Å². The number of thioether (sulfide) groups is 1. The lowest BCUT2D eigenvalue weighted by Gasteiger charge is -2.03. The standard InChI is InChI=1S/C5H12N2S.2ClH/c6-7-3-5-1-2-8-4-5;;/h5,7H,1-4,6H2;2*1H. The predicted octanol–water partition coefficient (Wildman–Crippen LogP) is 1.05. The van der Waals surface area contributed by atoms with Crippen molar-refractivity contribution in [1.82, 2.24) is 5.43 Å². The average Bonchev–Trinajstić information content (AvgIpc) is 2.19. The zero-order chi connectivity index (χ0) is 5.82. The summed E-state index contributed by atoms with van der Waals surface area (Å²) in [5.74, 6) is 8.61. The molecule has 1 aliphatic rings. The van der Waals surface area contributed by atoms with Gasteiger partial charge in [-0.1, -0.05) is 0 Å². The minimum atomic E-state index is 0. The number of hydrazine groups is 1. The first-order chi connectivity index (χ1) is 3.93. The van der Waals surface area contributed by atoms with Gasteiger partial charge in [0, 0.05) is 6.54 Å². The summed E-state index contributed by atoms with van der Waals surface area (Å²) in [4.78, 5) is 0. The van der Waals surface area contributed by atoms with E-state index in [2.05, 4.69) is 5.43 Å². The fraction of sp³-hybridized carbons (Fsp3) is 1.00. The number of nitrogens with one attached hydrogen (secondary N) is 1. The van der Waals surface area contributed by atoms with Crippen LogP contribution in [0.15, 0.2) is 0 Å². The minimum absolute atomic E-state index is 0. The van der Waals surface area contributed by atoms with Crippen molar-refractivity contribution in [2.45, 2.75) is 6.42 Å². The van der Waals surface area contributed by atoms with Crippen LogP contribution in [-0.2, 0) is 0 Å². The smallest absolute Gasteiger partial charge is 0.0134 e. The van der Waals surface area contributed by atoms with E-state index in [1.165, 1.54) is 17.9 Å². The first-order valence-electron chi connectivity index (χ1n) is 2.94. The van der Waals surface area contributed by atoms with Crippen LogP contribution in [0.3, 0.4) is 0 Å². The van der Waals surface area contributed by atoms with E-state index in [1.807, 2.05) is 11.8 Å². The molecular weight excluding hydrogens is 191 g/mol. The van der Waals surface area contributed by atoms with Crippen molar-refractivity contribution in [3.05, 3.63) is 0 Å². The highest BCUT2D eigenvalue weighted by atomic mass is 35.5. The van der Waals surface area contributed by atoms with Crippen molar-refractivity contribution in [2.24, 2.45) is 11.8 Å². The van der Waals surface area contributed by atoms with E-state index in [0.29, 0.717) is 0 Å². The molecule has 0 radical (unpaired) electrons. The Kier molecular flexibility index (Phi) is 10.7. The van der Waals surface area contributed by atoms with E-state index >= 15 is 0 Å². The maximum atomic E-state index is 5.15. The highest BCUT2D eigenvalue weighted by Crippen LogP contribution is 2.21. The lowest BCUT2D eigenvalue weighted by Crippen LogP contribution is -2.28. The SMILES string of the molecule is Cl.Cl.NNCC1CCSC1. The van der Waals surface area contributed by atoms with Gasteiger partial charge >= 0.3 is 0 Å². The quantitative estimate of drug-likeness (QED) is 0.522. The van der Waals surface area contributed by atoms with Crippen LogP contribution in [-0.4, -0.2) is 18.1 Å². The number of hydrogen-bond acceptors (Lipinski definition) is 3. The molecule has 1 aliphatic heterocycles. The Morgan fingerprint density at radius 2 is 2.20 bits per heavy atom. The summed E-state index contributed by atoms with van der Waals surface area (Å²) in [7, 11) is 0. The second-order valence-corrected chi connectivity index (χ2v) is 3.29. The van der Waals surface area contributed by atoms with Crippen molar-refractivity contribution in [2.75, 3.05) is 18.1 Å². The average molecular weight is 205 g/mol. The molecule has 1 saturated heterocycles. The van der Waals surface area contributed by atoms with Gasteiger partial charge in [-0.05, 0) is 23.8 Å². The molecule has 0 aromatic rings. The highest BCUT2D eigenvalue weighted by molar-refractivity contribution is 7.99. The second-order valence-electron chi connectivity index (χ2n) is 2.14. The Hall–Kier alpha value is 0.850. The van der Waals surface area contributed by atoms with Crippen LogP contribution in [0.5, 0.6) is 0 Å². The molecule has 3 N–H and O–H groups in total. The predicted molar refractivity (Wildman–Crippen MR) is 52.1 cm³/mol. The molecule has 1 unspecified atom stereocenters. The Labute approximate surface area is 78.5 Å². The summed E-state index contributed by atoms with van der Waals surface area (Å²) >= 11 is 2.03. The van der Waals surface area contributed by atoms with Gasteiger partial charge in [-0.2, -0.15) is 11.8 Å². The Bertz CT molecular complexity index is 68.7. The van der Waals surface area contributed by atoms with Gasteiger partial charge in [-0.3, -0.25) is 11.3 Å². The van der Waals surface area contributed by atoms with Crippen LogP contribution in [0.2, 0.25) is 0 Å². The maximum absolute atomic E-state index is 5.15. The lowest BCUT2D eigenvalue weighted by atomic mass is 10.1. The second kappa shape index (κ2) is 7.95. The molecule has 0 spiro atoms. The summed E-state index contributed by atoms with van der Waals surface area (Å²) in [6.45, 7) is 0.993. The minimum Gasteiger partial charge on any atom is -0.271 e. The Morgan fingerprint density at radius 3 is 2.60 bits per heavy atom. The van der Waals surface area contributed by atoms with Gasteiger partial charge in [0.15, 0.2) is 0 Å². The van der Waals surface area contributed by atoms with Gasteiger partial charge in [-0.25, -0.2) is 0 Å². The normalized spacial score (nSPS) is 23.1. The van der Waals surface area contributed by atoms with Crippen LogP contribution < -0.4 is 11.3 Å². The summed E-state index contributed by atoms with van der Waals surface area (Å²) in [6, 6.07) is 0. The molecule has 0 aromatic heterocycles. The molecule has 1 fully saturated rings. The van der Waals surface area contributed by atoms with Gasteiger partial charge < -0.3 is 0 Å². The molecule has 0 aliphatic carbocycles. The topological polar surface area (TPSA) is 38.0 Å². The number of nitrogens with two attached hydrogens (primary N) is 1. The van der Waals surface area contributed by atoms with E-state index in [1.54, 1.807) is 0 Å². The lowest BCUT2D eigenvalue weighted by molar-refractivity contribution is 0.536. The summed E-state index contributed by atoms with van der Waals surface area (Å²) in [5, 5.41) is 0. The Morgan fingerprint density at radius 1 is 1.50 bits per heavy atom. The molecule has 1 heterocycles. The van der Waals surface area contributed by atoms with Gasteiger partial charge in [0.05, 0.1) is 0 Å². The van der Waals surface area contributed by atoms with Crippen LogP contribution >= 0.6 is 36.6 Å². The zero-order valence-electron chi connectivity index (χ0n) is 5.71. The van der Waals surface area contributed by atoms with Crippen molar-refractivity contribution in [1.29, 1.82) is 0 Å². The summed E-state index contributed by atoms with van der Waals surface area (Å²) < 4.78 is 0. The van der Waals surface area contributed by atoms with Gasteiger partial charge in [-0.15, -0.1) is 24.8 Å². The molecule has 5 heteroatoms. The summed E-state index contributed by atoms with van der Waals surface area (Å²) in [6.07, 6.45) is 1.34. The van der Waals surface area contributed by atoms with Crippen LogP contribution in [0, 0.1) is 5.92 Å². The zero-order valence-corrected chi connectivity index (χ0v) is 8.16. The van der Waals surface area contributed by atoms with Gasteiger partial charge in [0.25, 0.3) is 0 Å². The molecule has 10 heavy (non-hydrogen) atoms. The third kappa shape index (κ3) is 4.63. The largest absolute Gasteiger partial charge is 0.271 e. The molecule has 0 aromatic carbocycles. The van der Waals surface area contributed by atoms with E-state index in [0.717, 1.165) is 12.5 Å². The third-order valence-corrected chi connectivity index (χ3v) is 2.66. The molecule has 2 nitrogen and oxygen atoms in total. The Balaban J connectivity index is 0. The molecular formula is C5H14Cl2N2S. The monoisotopic (exact) mass is 204 g/mol. The van der Waals surface area contributed by atoms with Crippen LogP contribution in [0.4, 0.5) is 0 Å². The van der Waals surface area contributed by atoms with Crippen molar-refractivity contribution >= 4 is 36.6 Å². The maximum Gasteiger partial charge on any atom is 0.0134 e. The highest BCUT2D eigenvalue weighted by Gasteiger charge is 2.13. The fourth-order valence-corrected chi connectivity index (χ4v) is 2.20. The molecule has 0 amide bonds. The molecule has 1 atom stereocenters. The number of rotatable bonds is 2. The number of halogens is 2. The van der Waals surface area contributed by atoms with Crippen molar-refractivity contribution < 1.29 is 0 Å². The molecule has 64 valence electrons. The summed E-state index contributed by atoms with van der Waals surface area (Å²) in [5.41, 5.74) is 2.70. The first-order valence-corrected chi connectivity index (χ1v) is 4.10. The van der Waals surface area contributed by atoms with Crippen molar-refractivity contribution in [3.63, 3.8) is 0 Å². The fourth-order valence-electron chi connectivity index (χ4n) is 0.911. The van der Waals surface area contributed by atoms with Crippen LogP contribution in [0.25, 0.3) is 0 Å². The van der Waals surface area contributed by atoms with Crippen molar-refractivity contribution in [3.8, 4) is 0 Å². The van der Waals surface area contributed by atoms with E-state index in [4.69, 9.17) is 5.84 Å². The molecule has 1 rings (SSSR count).